The third-order valence-corrected chi connectivity index (χ3v) is 4.82. The van der Waals surface area contributed by atoms with Gasteiger partial charge in [0.15, 0.2) is 0 Å². The molecule has 0 radical (unpaired) electrons. The molecule has 0 aliphatic heterocycles. The van der Waals surface area contributed by atoms with Crippen LogP contribution in [0.25, 0.3) is 0 Å². The summed E-state index contributed by atoms with van der Waals surface area (Å²) in [7, 11) is 3.55. The Balaban J connectivity index is 0. The lowest BCUT2D eigenvalue weighted by atomic mass is 10.1. The maximum atomic E-state index is 9.03. The van der Waals surface area contributed by atoms with E-state index in [1.54, 1.807) is 0 Å². The van der Waals surface area contributed by atoms with E-state index in [9.17, 15) is 0 Å². The highest BCUT2D eigenvalue weighted by Crippen LogP contribution is 2.14. The van der Waals surface area contributed by atoms with E-state index in [0.717, 1.165) is 7.11 Å². The number of ether oxygens (including phenoxy) is 1. The molecule has 0 N–H and O–H groups in total. The van der Waals surface area contributed by atoms with Crippen molar-refractivity contribution in [2.24, 2.45) is 0 Å². The van der Waals surface area contributed by atoms with Crippen molar-refractivity contribution in [3.8, 4) is 0 Å². The highest BCUT2D eigenvalue weighted by atomic mass is 16.6. The van der Waals surface area contributed by atoms with Gasteiger partial charge in [-0.25, -0.2) is 0 Å². The van der Waals surface area contributed by atoms with Crippen LogP contribution in [0.2, 0.25) is 0 Å². The summed E-state index contributed by atoms with van der Waals surface area (Å²) in [5.74, 6) is 0. The van der Waals surface area contributed by atoms with Crippen LogP contribution in [-0.2, 0) is 4.74 Å². The molecule has 0 saturated heterocycles. The van der Waals surface area contributed by atoms with Crippen LogP contribution < -0.4 is 5.11 Å². The van der Waals surface area contributed by atoms with Gasteiger partial charge < -0.3 is 19.1 Å². The first kappa shape index (κ1) is 26.5. The van der Waals surface area contributed by atoms with Gasteiger partial charge in [-0.2, -0.15) is 0 Å². The second-order valence-corrected chi connectivity index (χ2v) is 7.43. The summed E-state index contributed by atoms with van der Waals surface area (Å²) in [4.78, 5) is 9.03. The number of hydrogen-bond donors (Lipinski definition) is 0. The fraction of sp³-hybridized carbons (Fsp3) is 0.952. The first-order chi connectivity index (χ1) is 12.0. The predicted octanol–water partition coefficient (Wildman–Crippen LogP) is 5.15. The minimum Gasteiger partial charge on any atom is -0.553 e. The summed E-state index contributed by atoms with van der Waals surface area (Å²) in [6.45, 7) is 11.2. The quantitative estimate of drug-likeness (QED) is 0.231. The topological polar surface area (TPSA) is 49.4 Å². The van der Waals surface area contributed by atoms with Crippen LogP contribution in [-0.4, -0.2) is 44.4 Å². The minimum atomic E-state index is -1.50. The number of nitrogens with zero attached hydrogens (tertiary/aromatic N) is 1. The number of quaternary nitrogens is 1. The molecule has 0 aromatic carbocycles. The van der Waals surface area contributed by atoms with E-state index in [4.69, 9.17) is 9.90 Å². The summed E-state index contributed by atoms with van der Waals surface area (Å²) in [5.41, 5.74) is 0. The van der Waals surface area contributed by atoms with Crippen LogP contribution in [0.15, 0.2) is 0 Å². The molecule has 25 heavy (non-hydrogen) atoms. The Morgan fingerprint density at radius 1 is 0.720 bits per heavy atom. The maximum absolute atomic E-state index is 9.03. The molecular weight excluding hydrogens is 314 g/mol. The molecule has 0 atom stereocenters. The lowest BCUT2D eigenvalue weighted by Crippen LogP contribution is -2.46. The molecular formula is C21H45NO3. The van der Waals surface area contributed by atoms with Crippen molar-refractivity contribution < 1.29 is 19.1 Å². The van der Waals surface area contributed by atoms with Crippen LogP contribution in [0, 0.1) is 0 Å². The van der Waals surface area contributed by atoms with Crippen LogP contribution in [0.5, 0.6) is 0 Å². The Morgan fingerprint density at radius 3 is 1.20 bits per heavy atom. The van der Waals surface area contributed by atoms with Crippen molar-refractivity contribution in [3.05, 3.63) is 0 Å². The summed E-state index contributed by atoms with van der Waals surface area (Å²) in [6, 6.07) is 0. The first-order valence-corrected chi connectivity index (χ1v) is 10.5. The monoisotopic (exact) mass is 359 g/mol. The fourth-order valence-corrected chi connectivity index (χ4v) is 3.10. The largest absolute Gasteiger partial charge is 0.553 e. The van der Waals surface area contributed by atoms with Crippen molar-refractivity contribution in [1.29, 1.82) is 0 Å². The Bertz CT molecular complexity index is 251. The molecule has 152 valence electrons. The van der Waals surface area contributed by atoms with Crippen molar-refractivity contribution >= 4 is 6.16 Å². The Labute approximate surface area is 157 Å². The molecule has 0 aliphatic carbocycles. The average Bonchev–Trinajstić information content (AvgIpc) is 2.60. The van der Waals surface area contributed by atoms with E-state index in [1.165, 1.54) is 101 Å². The SMILES string of the molecule is CCCCCC[N+](C)(CCCCCC)CCCCCC.COC(=O)[O-]. The second kappa shape index (κ2) is 19.6. The summed E-state index contributed by atoms with van der Waals surface area (Å²) >= 11 is 0. The van der Waals surface area contributed by atoms with E-state index in [2.05, 4.69) is 32.6 Å². The maximum Gasteiger partial charge on any atom is 0.251 e. The van der Waals surface area contributed by atoms with Gasteiger partial charge in [0.05, 0.1) is 26.7 Å². The molecule has 0 saturated carbocycles. The Morgan fingerprint density at radius 2 is 1.00 bits per heavy atom. The van der Waals surface area contributed by atoms with Crippen LogP contribution in [0.3, 0.4) is 0 Å². The standard InChI is InChI=1S/C19H42N.C2H4O3/c1-5-8-11-14-17-20(4,18-15-12-9-6-2)19-16-13-10-7-3;1-5-2(3)4/h5-19H2,1-4H3;1H3,(H,3,4)/q+1;/p-1. The molecule has 4 nitrogen and oxygen atoms in total. The zero-order valence-corrected chi connectivity index (χ0v) is 17.8. The smallest absolute Gasteiger partial charge is 0.251 e. The van der Waals surface area contributed by atoms with Gasteiger partial charge in [-0.1, -0.05) is 59.3 Å². The van der Waals surface area contributed by atoms with Crippen molar-refractivity contribution in [1.82, 2.24) is 0 Å². The van der Waals surface area contributed by atoms with Gasteiger partial charge in [0.2, 0.25) is 0 Å². The first-order valence-electron chi connectivity index (χ1n) is 10.5. The van der Waals surface area contributed by atoms with Gasteiger partial charge in [-0.05, 0) is 38.5 Å². The molecule has 0 amide bonds. The number of hydrogen-bond acceptors (Lipinski definition) is 3. The number of rotatable bonds is 15. The van der Waals surface area contributed by atoms with Gasteiger partial charge >= 0.3 is 0 Å². The lowest BCUT2D eigenvalue weighted by Gasteiger charge is -2.35. The van der Waals surface area contributed by atoms with Gasteiger partial charge in [0, 0.05) is 7.11 Å². The van der Waals surface area contributed by atoms with E-state index < -0.39 is 6.16 Å². The highest BCUT2D eigenvalue weighted by Gasteiger charge is 2.19. The molecule has 0 bridgehead atoms. The normalized spacial score (nSPS) is 10.9. The number of methoxy groups -OCH3 is 1. The zero-order valence-electron chi connectivity index (χ0n) is 17.8. The Kier molecular flexibility index (Phi) is 20.7. The van der Waals surface area contributed by atoms with E-state index in [-0.39, 0.29) is 0 Å². The fourth-order valence-electron chi connectivity index (χ4n) is 3.10. The van der Waals surface area contributed by atoms with E-state index in [0.29, 0.717) is 0 Å². The highest BCUT2D eigenvalue weighted by molar-refractivity contribution is 5.53. The van der Waals surface area contributed by atoms with Crippen molar-refractivity contribution in [2.75, 3.05) is 33.8 Å². The number of carbonyl (C=O) groups is 1. The van der Waals surface area contributed by atoms with E-state index in [1.807, 2.05) is 0 Å². The number of carbonyl (C=O) groups excluding carboxylic acids is 1. The predicted molar refractivity (Wildman–Crippen MR) is 106 cm³/mol. The average molecular weight is 360 g/mol. The molecule has 0 heterocycles. The van der Waals surface area contributed by atoms with Crippen molar-refractivity contribution in [2.45, 2.75) is 97.8 Å². The van der Waals surface area contributed by atoms with Gasteiger partial charge in [-0.3, -0.25) is 0 Å². The van der Waals surface area contributed by atoms with Gasteiger partial charge in [0.1, 0.15) is 0 Å². The van der Waals surface area contributed by atoms with E-state index >= 15 is 0 Å². The van der Waals surface area contributed by atoms with Crippen LogP contribution in [0.1, 0.15) is 97.8 Å². The molecule has 0 aromatic rings. The molecule has 0 unspecified atom stereocenters. The van der Waals surface area contributed by atoms with Crippen LogP contribution in [0.4, 0.5) is 4.79 Å². The molecule has 0 rings (SSSR count). The molecule has 0 spiro atoms. The zero-order chi connectivity index (χ0) is 19.4. The molecule has 0 fully saturated rings. The summed E-state index contributed by atoms with van der Waals surface area (Å²) in [6.07, 6.45) is 15.5. The number of unbranched alkanes of at least 4 members (excludes halogenated alkanes) is 9. The third-order valence-electron chi connectivity index (χ3n) is 4.82. The number of carboxylic acid groups (broad SMARTS) is 1. The van der Waals surface area contributed by atoms with Crippen LogP contribution >= 0.6 is 0 Å². The summed E-state index contributed by atoms with van der Waals surface area (Å²) in [5, 5.41) is 9.03. The van der Waals surface area contributed by atoms with Gasteiger partial charge in [-0.15, -0.1) is 0 Å². The second-order valence-electron chi connectivity index (χ2n) is 7.43. The van der Waals surface area contributed by atoms with Crippen molar-refractivity contribution in [3.63, 3.8) is 0 Å². The summed E-state index contributed by atoms with van der Waals surface area (Å²) < 4.78 is 4.90. The molecule has 0 aliphatic rings. The molecule has 0 aromatic heterocycles. The lowest BCUT2D eigenvalue weighted by molar-refractivity contribution is -0.910. The Hall–Kier alpha value is -0.770. The van der Waals surface area contributed by atoms with Gasteiger partial charge in [0.25, 0.3) is 6.16 Å². The molecule has 4 heteroatoms. The minimum absolute atomic E-state index is 1.04. The third kappa shape index (κ3) is 21.2.